The molecule has 0 saturated carbocycles. The quantitative estimate of drug-likeness (QED) is 0.540. The summed E-state index contributed by atoms with van der Waals surface area (Å²) in [7, 11) is 3.06. The van der Waals surface area contributed by atoms with Crippen molar-refractivity contribution in [1.29, 1.82) is 0 Å². The highest BCUT2D eigenvalue weighted by atomic mass is 19.3. The third-order valence-corrected chi connectivity index (χ3v) is 5.51. The number of imidazole rings is 1. The number of H-pyrrole nitrogens is 1. The molecule has 0 aliphatic carbocycles. The number of aryl methyl sites for hydroxylation is 1. The van der Waals surface area contributed by atoms with Crippen molar-refractivity contribution < 1.29 is 18.3 Å². The Hall–Kier alpha value is -3.76. The number of halogens is 2. The molecule has 5 heterocycles. The number of hydrogen-bond donors (Lipinski definition) is 1. The van der Waals surface area contributed by atoms with Crippen LogP contribution < -0.4 is 4.74 Å². The van der Waals surface area contributed by atoms with Crippen LogP contribution in [0.1, 0.15) is 45.7 Å². The monoisotopic (exact) mass is 427 g/mol. The standard InChI is InChI=1S/C20H19F2N7O2/c1-27-15(9-13(25-27)19(21)22)20(30)28-7-5-11-17(24-10-23-11)18(28)12-8-14-16(31-2)4-3-6-29(14)26-12/h3-4,6,8-10,18-19H,5,7H2,1-2H3,(H,23,24). The minimum absolute atomic E-state index is 0.0839. The van der Waals surface area contributed by atoms with Crippen molar-refractivity contribution in [3.63, 3.8) is 0 Å². The molecule has 4 aromatic heterocycles. The molecule has 0 fully saturated rings. The summed E-state index contributed by atoms with van der Waals surface area (Å²) < 4.78 is 34.5. The average molecular weight is 427 g/mol. The average Bonchev–Trinajstić information content (AvgIpc) is 3.49. The first-order valence-corrected chi connectivity index (χ1v) is 9.65. The van der Waals surface area contributed by atoms with Gasteiger partial charge >= 0.3 is 0 Å². The molecule has 0 aromatic carbocycles. The second-order valence-electron chi connectivity index (χ2n) is 7.27. The van der Waals surface area contributed by atoms with E-state index >= 15 is 0 Å². The van der Waals surface area contributed by atoms with Gasteiger partial charge in [-0.2, -0.15) is 10.2 Å². The number of aromatic nitrogens is 6. The Morgan fingerprint density at radius 3 is 2.90 bits per heavy atom. The van der Waals surface area contributed by atoms with E-state index in [0.29, 0.717) is 30.1 Å². The molecule has 0 bridgehead atoms. The van der Waals surface area contributed by atoms with Crippen molar-refractivity contribution in [2.45, 2.75) is 18.9 Å². The highest BCUT2D eigenvalue weighted by Crippen LogP contribution is 2.35. The third kappa shape index (κ3) is 3.04. The molecule has 1 aliphatic heterocycles. The first-order chi connectivity index (χ1) is 15.0. The lowest BCUT2D eigenvalue weighted by Crippen LogP contribution is -2.41. The van der Waals surface area contributed by atoms with Gasteiger partial charge in [0.05, 0.1) is 24.8 Å². The summed E-state index contributed by atoms with van der Waals surface area (Å²) in [6.45, 7) is 0.374. The van der Waals surface area contributed by atoms with Crippen LogP contribution in [0.25, 0.3) is 5.52 Å². The van der Waals surface area contributed by atoms with E-state index in [4.69, 9.17) is 4.74 Å². The number of methoxy groups -OCH3 is 1. The number of alkyl halides is 2. The van der Waals surface area contributed by atoms with Gasteiger partial charge in [-0.05, 0) is 24.3 Å². The zero-order valence-corrected chi connectivity index (χ0v) is 16.8. The summed E-state index contributed by atoms with van der Waals surface area (Å²) in [6, 6.07) is 6.04. The number of fused-ring (bicyclic) bond motifs is 2. The largest absolute Gasteiger partial charge is 0.494 e. The molecule has 11 heteroatoms. The van der Waals surface area contributed by atoms with Crippen LogP contribution in [0.15, 0.2) is 36.8 Å². The number of carbonyl (C=O) groups is 1. The SMILES string of the molecule is COc1cccn2nc(C3c4nc[nH]c4CCN3C(=O)c3cc(C(F)F)nn3C)cc12. The predicted octanol–water partition coefficient (Wildman–Crippen LogP) is 2.53. The fourth-order valence-electron chi connectivity index (χ4n) is 4.05. The van der Waals surface area contributed by atoms with Gasteiger partial charge in [0, 0.05) is 31.9 Å². The molecule has 1 aliphatic rings. The first kappa shape index (κ1) is 19.2. The van der Waals surface area contributed by atoms with Crippen LogP contribution in [0.3, 0.4) is 0 Å². The van der Waals surface area contributed by atoms with E-state index in [0.717, 1.165) is 17.3 Å². The number of nitrogens with zero attached hydrogens (tertiary/aromatic N) is 6. The van der Waals surface area contributed by atoms with E-state index in [1.165, 1.54) is 11.7 Å². The molecule has 0 spiro atoms. The van der Waals surface area contributed by atoms with Gasteiger partial charge in [-0.25, -0.2) is 18.3 Å². The Kier molecular flexibility index (Phi) is 4.45. The molecule has 1 amide bonds. The summed E-state index contributed by atoms with van der Waals surface area (Å²) in [5, 5.41) is 8.43. The lowest BCUT2D eigenvalue weighted by Gasteiger charge is -2.33. The maximum Gasteiger partial charge on any atom is 0.282 e. The second kappa shape index (κ2) is 7.18. The maximum atomic E-state index is 13.4. The molecule has 1 N–H and O–H groups in total. The highest BCUT2D eigenvalue weighted by molar-refractivity contribution is 5.93. The number of ether oxygens (including phenoxy) is 1. The molecule has 160 valence electrons. The minimum Gasteiger partial charge on any atom is -0.494 e. The van der Waals surface area contributed by atoms with Gasteiger partial charge in [-0.1, -0.05) is 0 Å². The van der Waals surface area contributed by atoms with Crippen molar-refractivity contribution in [2.75, 3.05) is 13.7 Å². The molecule has 1 unspecified atom stereocenters. The van der Waals surface area contributed by atoms with E-state index in [9.17, 15) is 13.6 Å². The summed E-state index contributed by atoms with van der Waals surface area (Å²) in [5.41, 5.74) is 2.59. The molecule has 0 radical (unpaired) electrons. The van der Waals surface area contributed by atoms with Gasteiger partial charge in [-0.3, -0.25) is 9.48 Å². The molecule has 9 nitrogen and oxygen atoms in total. The van der Waals surface area contributed by atoms with Crippen molar-refractivity contribution >= 4 is 11.4 Å². The Labute approximate surface area is 175 Å². The number of aromatic amines is 1. The van der Waals surface area contributed by atoms with E-state index < -0.39 is 24.1 Å². The zero-order chi connectivity index (χ0) is 21.7. The van der Waals surface area contributed by atoms with E-state index in [2.05, 4.69) is 20.2 Å². The van der Waals surface area contributed by atoms with Gasteiger partial charge in [-0.15, -0.1) is 0 Å². The van der Waals surface area contributed by atoms with Crippen molar-refractivity contribution in [3.05, 3.63) is 65.3 Å². The smallest absolute Gasteiger partial charge is 0.282 e. The van der Waals surface area contributed by atoms with Crippen LogP contribution in [0, 0.1) is 0 Å². The molecule has 0 saturated heterocycles. The summed E-state index contributed by atoms with van der Waals surface area (Å²) in [5.74, 6) is 0.231. The molecular weight excluding hydrogens is 408 g/mol. The Balaban J connectivity index is 1.62. The zero-order valence-electron chi connectivity index (χ0n) is 16.8. The number of hydrogen-bond acceptors (Lipinski definition) is 5. The van der Waals surface area contributed by atoms with Gasteiger partial charge in [0.2, 0.25) is 0 Å². The number of rotatable bonds is 4. The normalized spacial score (nSPS) is 16.2. The summed E-state index contributed by atoms with van der Waals surface area (Å²) in [6.07, 6.45) is 1.18. The Morgan fingerprint density at radius 1 is 1.32 bits per heavy atom. The van der Waals surface area contributed by atoms with Gasteiger partial charge in [0.15, 0.2) is 0 Å². The lowest BCUT2D eigenvalue weighted by molar-refractivity contribution is 0.0675. The minimum atomic E-state index is -2.76. The Morgan fingerprint density at radius 2 is 2.16 bits per heavy atom. The van der Waals surface area contributed by atoms with Crippen molar-refractivity contribution in [2.24, 2.45) is 7.05 Å². The molecule has 4 aromatic rings. The highest BCUT2D eigenvalue weighted by Gasteiger charge is 2.37. The fourth-order valence-corrected chi connectivity index (χ4v) is 4.05. The van der Waals surface area contributed by atoms with Crippen LogP contribution >= 0.6 is 0 Å². The second-order valence-corrected chi connectivity index (χ2v) is 7.27. The molecule has 31 heavy (non-hydrogen) atoms. The Bertz CT molecular complexity index is 1280. The summed E-state index contributed by atoms with van der Waals surface area (Å²) >= 11 is 0. The fraction of sp³-hybridized carbons (Fsp3) is 0.300. The van der Waals surface area contributed by atoms with Crippen LogP contribution in [-0.2, 0) is 13.5 Å². The predicted molar refractivity (Wildman–Crippen MR) is 105 cm³/mol. The van der Waals surface area contributed by atoms with Crippen molar-refractivity contribution in [1.82, 2.24) is 34.3 Å². The molecular formula is C20H19F2N7O2. The molecule has 5 rings (SSSR count). The van der Waals surface area contributed by atoms with E-state index in [1.807, 2.05) is 18.2 Å². The number of nitrogens with one attached hydrogen (secondary N) is 1. The lowest BCUT2D eigenvalue weighted by atomic mass is 9.99. The first-order valence-electron chi connectivity index (χ1n) is 9.65. The number of pyridine rings is 1. The van der Waals surface area contributed by atoms with Gasteiger partial charge in [0.1, 0.15) is 28.7 Å². The van der Waals surface area contributed by atoms with Gasteiger partial charge < -0.3 is 14.6 Å². The summed E-state index contributed by atoms with van der Waals surface area (Å²) in [4.78, 5) is 22.6. The number of amides is 1. The topological polar surface area (TPSA) is 93.3 Å². The van der Waals surface area contributed by atoms with Crippen LogP contribution in [-0.4, -0.2) is 53.8 Å². The van der Waals surface area contributed by atoms with Crippen molar-refractivity contribution in [3.8, 4) is 5.75 Å². The van der Waals surface area contributed by atoms with Crippen LogP contribution in [0.2, 0.25) is 0 Å². The maximum absolute atomic E-state index is 13.4. The van der Waals surface area contributed by atoms with E-state index in [-0.39, 0.29) is 5.69 Å². The van der Waals surface area contributed by atoms with Gasteiger partial charge in [0.25, 0.3) is 12.3 Å². The van der Waals surface area contributed by atoms with Crippen LogP contribution in [0.5, 0.6) is 5.75 Å². The van der Waals surface area contributed by atoms with Crippen LogP contribution in [0.4, 0.5) is 8.78 Å². The van der Waals surface area contributed by atoms with E-state index in [1.54, 1.807) is 29.0 Å². The number of carbonyl (C=O) groups excluding carboxylic acids is 1. The third-order valence-electron chi connectivity index (χ3n) is 5.51. The molecule has 1 atom stereocenters.